The molecule has 5 nitrogen and oxygen atoms in total. The van der Waals surface area contributed by atoms with Crippen LogP contribution in [0.15, 0.2) is 42.5 Å². The van der Waals surface area contributed by atoms with E-state index in [9.17, 15) is 26.7 Å². The Labute approximate surface area is 164 Å². The van der Waals surface area contributed by atoms with Crippen molar-refractivity contribution in [1.29, 1.82) is 0 Å². The van der Waals surface area contributed by atoms with Gasteiger partial charge in [0.2, 0.25) is 5.91 Å². The maximum Gasteiger partial charge on any atom is 0.418 e. The van der Waals surface area contributed by atoms with E-state index in [-0.39, 0.29) is 30.3 Å². The molecule has 0 aliphatic carbocycles. The molecule has 0 saturated carbocycles. The summed E-state index contributed by atoms with van der Waals surface area (Å²) in [5.41, 5.74) is -0.626. The Morgan fingerprint density at radius 3 is 2.45 bits per heavy atom. The maximum absolute atomic E-state index is 13.0. The van der Waals surface area contributed by atoms with E-state index in [0.717, 1.165) is 6.07 Å². The first-order valence-corrected chi connectivity index (χ1v) is 8.36. The monoisotopic (exact) mass is 418 g/mol. The number of hydrogen-bond donors (Lipinski definition) is 1. The van der Waals surface area contributed by atoms with Crippen LogP contribution >= 0.6 is 0 Å². The summed E-state index contributed by atoms with van der Waals surface area (Å²) < 4.78 is 73.1. The third kappa shape index (κ3) is 6.60. The van der Waals surface area contributed by atoms with Crippen molar-refractivity contribution in [2.24, 2.45) is 0 Å². The van der Waals surface area contributed by atoms with E-state index >= 15 is 0 Å². The molecule has 0 aliphatic rings. The zero-order chi connectivity index (χ0) is 21.6. The fourth-order valence-corrected chi connectivity index (χ4v) is 2.65. The second kappa shape index (κ2) is 9.55. The Hall–Kier alpha value is -2.88. The zero-order valence-corrected chi connectivity index (χ0v) is 15.6. The van der Waals surface area contributed by atoms with Crippen molar-refractivity contribution in [1.82, 2.24) is 4.90 Å². The Morgan fingerprint density at radius 1 is 1.14 bits per heavy atom. The molecule has 0 atom stereocenters. The minimum Gasteiger partial charge on any atom is -0.493 e. The molecule has 0 heterocycles. The van der Waals surface area contributed by atoms with Crippen molar-refractivity contribution in [3.63, 3.8) is 0 Å². The van der Waals surface area contributed by atoms with Gasteiger partial charge in [0.25, 0.3) is 0 Å². The summed E-state index contributed by atoms with van der Waals surface area (Å²) in [6.45, 7) is -2.97. The van der Waals surface area contributed by atoms with Gasteiger partial charge in [0, 0.05) is 6.54 Å². The van der Waals surface area contributed by atoms with Crippen molar-refractivity contribution in [2.75, 3.05) is 26.0 Å². The van der Waals surface area contributed by atoms with Crippen LogP contribution in [0.4, 0.5) is 27.6 Å². The highest BCUT2D eigenvalue weighted by atomic mass is 19.4. The Morgan fingerprint density at radius 2 is 1.83 bits per heavy atom. The molecule has 0 aliphatic heterocycles. The van der Waals surface area contributed by atoms with Crippen LogP contribution in [0.25, 0.3) is 0 Å². The van der Waals surface area contributed by atoms with Crippen LogP contribution < -0.4 is 14.8 Å². The fraction of sp³-hybridized carbons (Fsp3) is 0.316. The standard InChI is InChI=1S/C19H19F5N2O3/c1-26(10-12-7-8-15(29-18(20)21)16(9-12)28-2)11-17(27)25-14-6-4-3-5-13(14)19(22,23)24/h3-9,18H,10-11H2,1-2H3,(H,25,27). The first-order valence-electron chi connectivity index (χ1n) is 8.36. The van der Waals surface area contributed by atoms with Gasteiger partial charge >= 0.3 is 12.8 Å². The van der Waals surface area contributed by atoms with E-state index in [2.05, 4.69) is 10.1 Å². The summed E-state index contributed by atoms with van der Waals surface area (Å²) >= 11 is 0. The number of anilines is 1. The van der Waals surface area contributed by atoms with E-state index in [4.69, 9.17) is 4.74 Å². The Balaban J connectivity index is 2.01. The molecule has 0 fully saturated rings. The predicted molar refractivity (Wildman–Crippen MR) is 96.0 cm³/mol. The van der Waals surface area contributed by atoms with E-state index < -0.39 is 24.3 Å². The minimum absolute atomic E-state index is 0.0970. The second-order valence-corrected chi connectivity index (χ2v) is 6.13. The summed E-state index contributed by atoms with van der Waals surface area (Å²) in [6.07, 6.45) is -4.59. The smallest absolute Gasteiger partial charge is 0.418 e. The topological polar surface area (TPSA) is 50.8 Å². The summed E-state index contributed by atoms with van der Waals surface area (Å²) in [5, 5.41) is 2.26. The van der Waals surface area contributed by atoms with Crippen LogP contribution in [0, 0.1) is 0 Å². The normalized spacial score (nSPS) is 11.6. The largest absolute Gasteiger partial charge is 0.493 e. The van der Waals surface area contributed by atoms with Gasteiger partial charge in [0.05, 0.1) is 24.9 Å². The maximum atomic E-state index is 13.0. The Kier molecular flexibility index (Phi) is 7.38. The number of nitrogens with zero attached hydrogens (tertiary/aromatic N) is 1. The SMILES string of the molecule is COc1cc(CN(C)CC(=O)Nc2ccccc2C(F)(F)F)ccc1OC(F)F. The molecular weight excluding hydrogens is 399 g/mol. The molecule has 0 bridgehead atoms. The third-order valence-electron chi connectivity index (χ3n) is 3.82. The molecule has 2 aromatic rings. The highest BCUT2D eigenvalue weighted by molar-refractivity contribution is 5.93. The average Bonchev–Trinajstić information content (AvgIpc) is 2.61. The lowest BCUT2D eigenvalue weighted by Crippen LogP contribution is -2.30. The lowest BCUT2D eigenvalue weighted by atomic mass is 10.1. The number of para-hydroxylation sites is 1. The molecule has 1 amide bonds. The van der Waals surface area contributed by atoms with Crippen LogP contribution in [0.1, 0.15) is 11.1 Å². The molecule has 0 aromatic heterocycles. The number of methoxy groups -OCH3 is 1. The van der Waals surface area contributed by atoms with Crippen molar-refractivity contribution < 1.29 is 36.2 Å². The molecule has 29 heavy (non-hydrogen) atoms. The zero-order valence-electron chi connectivity index (χ0n) is 15.6. The van der Waals surface area contributed by atoms with E-state index in [1.165, 1.54) is 43.5 Å². The van der Waals surface area contributed by atoms with Gasteiger partial charge in [-0.25, -0.2) is 0 Å². The van der Waals surface area contributed by atoms with Gasteiger partial charge in [-0.2, -0.15) is 22.0 Å². The van der Waals surface area contributed by atoms with Crippen LogP contribution in [0.2, 0.25) is 0 Å². The summed E-state index contributed by atoms with van der Waals surface area (Å²) in [4.78, 5) is 13.7. The highest BCUT2D eigenvalue weighted by Crippen LogP contribution is 2.34. The van der Waals surface area contributed by atoms with Crippen molar-refractivity contribution >= 4 is 11.6 Å². The van der Waals surface area contributed by atoms with Crippen LogP contribution in [0.5, 0.6) is 11.5 Å². The van der Waals surface area contributed by atoms with Crippen LogP contribution in [-0.4, -0.2) is 38.1 Å². The van der Waals surface area contributed by atoms with Crippen LogP contribution in [0.3, 0.4) is 0 Å². The van der Waals surface area contributed by atoms with Gasteiger partial charge in [0.15, 0.2) is 11.5 Å². The fourth-order valence-electron chi connectivity index (χ4n) is 2.65. The number of carbonyl (C=O) groups excluding carboxylic acids is 1. The number of nitrogens with one attached hydrogen (secondary N) is 1. The molecule has 1 N–H and O–H groups in total. The lowest BCUT2D eigenvalue weighted by Gasteiger charge is -2.19. The van der Waals surface area contributed by atoms with Crippen molar-refractivity contribution in [3.8, 4) is 11.5 Å². The number of likely N-dealkylation sites (N-methyl/N-ethyl adjacent to an activating group) is 1. The molecule has 0 saturated heterocycles. The number of ether oxygens (including phenoxy) is 2. The van der Waals surface area contributed by atoms with Gasteiger partial charge in [0.1, 0.15) is 0 Å². The number of alkyl halides is 5. The van der Waals surface area contributed by atoms with Gasteiger partial charge < -0.3 is 14.8 Å². The van der Waals surface area contributed by atoms with Gasteiger partial charge in [-0.05, 0) is 36.9 Å². The average molecular weight is 418 g/mol. The summed E-state index contributed by atoms with van der Waals surface area (Å²) in [5.74, 6) is -0.663. The number of carbonyl (C=O) groups is 1. The summed E-state index contributed by atoms with van der Waals surface area (Å²) in [6, 6.07) is 9.00. The molecule has 0 spiro atoms. The first-order chi connectivity index (χ1) is 13.6. The first kappa shape index (κ1) is 22.4. The van der Waals surface area contributed by atoms with Crippen LogP contribution in [-0.2, 0) is 17.5 Å². The van der Waals surface area contributed by atoms with E-state index in [1.807, 2.05) is 0 Å². The molecular formula is C19H19F5N2O3. The lowest BCUT2D eigenvalue weighted by molar-refractivity contribution is -0.137. The third-order valence-corrected chi connectivity index (χ3v) is 3.82. The highest BCUT2D eigenvalue weighted by Gasteiger charge is 2.33. The molecule has 158 valence electrons. The number of benzene rings is 2. The molecule has 0 radical (unpaired) electrons. The number of rotatable bonds is 8. The van der Waals surface area contributed by atoms with E-state index in [1.54, 1.807) is 11.9 Å². The van der Waals surface area contributed by atoms with E-state index in [0.29, 0.717) is 5.56 Å². The second-order valence-electron chi connectivity index (χ2n) is 6.13. The minimum atomic E-state index is -4.59. The summed E-state index contributed by atoms with van der Waals surface area (Å²) in [7, 11) is 2.89. The van der Waals surface area contributed by atoms with Crippen molar-refractivity contribution in [2.45, 2.75) is 19.3 Å². The van der Waals surface area contributed by atoms with Gasteiger partial charge in [-0.3, -0.25) is 9.69 Å². The van der Waals surface area contributed by atoms with Gasteiger partial charge in [-0.1, -0.05) is 18.2 Å². The predicted octanol–water partition coefficient (Wildman–Crippen LogP) is 4.39. The van der Waals surface area contributed by atoms with Gasteiger partial charge in [-0.15, -0.1) is 0 Å². The number of halogens is 5. The number of amides is 1. The molecule has 2 rings (SSSR count). The molecule has 2 aromatic carbocycles. The van der Waals surface area contributed by atoms with Crippen molar-refractivity contribution in [3.05, 3.63) is 53.6 Å². The Bertz CT molecular complexity index is 843. The molecule has 10 heteroatoms. The number of hydrogen-bond acceptors (Lipinski definition) is 4. The molecule has 0 unspecified atom stereocenters. The quantitative estimate of drug-likeness (QED) is 0.647.